The molecule has 0 spiro atoms. The van der Waals surface area contributed by atoms with Crippen molar-refractivity contribution in [2.75, 3.05) is 0 Å². The number of allylic oxidation sites excluding steroid dienone is 8. The number of benzene rings is 3. The van der Waals surface area contributed by atoms with E-state index < -0.39 is 0 Å². The molecule has 3 aromatic carbocycles. The minimum absolute atomic E-state index is 0.0929. The molecule has 0 saturated heterocycles. The molecule has 1 aliphatic rings. The molecule has 0 unspecified atom stereocenters. The Morgan fingerprint density at radius 2 is 1.00 bits per heavy atom. The van der Waals surface area contributed by atoms with Crippen molar-refractivity contribution in [3.05, 3.63) is 160 Å². The zero-order chi connectivity index (χ0) is 37.2. The second-order valence-electron chi connectivity index (χ2n) is 14.6. The first-order chi connectivity index (χ1) is 25.0. The molecule has 2 nitrogen and oxygen atoms in total. The summed E-state index contributed by atoms with van der Waals surface area (Å²) >= 11 is 3.53. The van der Waals surface area contributed by atoms with Gasteiger partial charge in [0.1, 0.15) is 0 Å². The monoisotopic (exact) mass is 716 g/mol. The van der Waals surface area contributed by atoms with E-state index in [9.17, 15) is 10.8 Å². The van der Waals surface area contributed by atoms with Crippen molar-refractivity contribution in [1.29, 1.82) is 10.8 Å². The van der Waals surface area contributed by atoms with Crippen molar-refractivity contribution in [3.63, 3.8) is 0 Å². The maximum atomic E-state index is 9.73. The molecule has 5 aromatic rings. The van der Waals surface area contributed by atoms with Crippen molar-refractivity contribution in [2.24, 2.45) is 0 Å². The molecular formula is C48H48N2S2. The van der Waals surface area contributed by atoms with E-state index in [0.717, 1.165) is 61.6 Å². The van der Waals surface area contributed by atoms with Crippen molar-refractivity contribution >= 4 is 50.8 Å². The van der Waals surface area contributed by atoms with E-state index in [4.69, 9.17) is 0 Å². The summed E-state index contributed by atoms with van der Waals surface area (Å²) in [5.41, 5.74) is 10.7. The van der Waals surface area contributed by atoms with E-state index in [1.807, 2.05) is 18.2 Å². The fourth-order valence-electron chi connectivity index (χ4n) is 6.79. The van der Waals surface area contributed by atoms with Crippen molar-refractivity contribution < 1.29 is 0 Å². The zero-order valence-electron chi connectivity index (χ0n) is 31.2. The third-order valence-electron chi connectivity index (χ3n) is 10.5. The highest BCUT2D eigenvalue weighted by Gasteiger charge is 2.36. The van der Waals surface area contributed by atoms with Crippen LogP contribution < -0.4 is 0 Å². The van der Waals surface area contributed by atoms with Gasteiger partial charge in [-0.3, -0.25) is 10.8 Å². The Balaban J connectivity index is 1.66. The SMILES string of the molecule is C=C/C=C(\C=C)c1c(C2=CC=C(c3sc(C(C)(C)CC)c(-c4ccccc4)c3-c3ccccc3)C(=N)C2=N)sc(C(C)(C)CC)c1-c1ccccc1. The van der Waals surface area contributed by atoms with Crippen LogP contribution in [-0.2, 0) is 10.8 Å². The Morgan fingerprint density at radius 3 is 1.44 bits per heavy atom. The van der Waals surface area contributed by atoms with E-state index in [-0.39, 0.29) is 22.3 Å². The number of rotatable bonds is 12. The summed E-state index contributed by atoms with van der Waals surface area (Å²) in [6, 6.07) is 31.8. The summed E-state index contributed by atoms with van der Waals surface area (Å²) in [6.45, 7) is 22.0. The molecule has 0 bridgehead atoms. The highest BCUT2D eigenvalue weighted by molar-refractivity contribution is 7.16. The first kappa shape index (κ1) is 36.9. The molecule has 0 atom stereocenters. The summed E-state index contributed by atoms with van der Waals surface area (Å²) in [4.78, 5) is 4.59. The van der Waals surface area contributed by atoms with Crippen LogP contribution in [-0.4, -0.2) is 11.4 Å². The quantitative estimate of drug-likeness (QED) is 0.0954. The standard InChI is InChI=1S/C48H48N2S2/c1-9-22-31(10-2)37-39(33-25-18-14-19-26-33)45(47(5,6)11-3)51-43(37)35-29-30-36(42(50)41(35)49)44-38(32-23-16-13-17-24-32)40(34-27-20-15-21-28-34)46(52-44)48(7,8)12-4/h9-10,13-30,49-50H,1-2,11-12H2,3-8H3/b31-22+,49-41?,50-42?. The minimum Gasteiger partial charge on any atom is -0.298 e. The smallest absolute Gasteiger partial charge is 0.0882 e. The molecule has 0 aliphatic heterocycles. The third kappa shape index (κ3) is 6.62. The lowest BCUT2D eigenvalue weighted by Gasteiger charge is -2.24. The van der Waals surface area contributed by atoms with Gasteiger partial charge in [-0.25, -0.2) is 0 Å². The fraction of sp³-hybridized carbons (Fsp3) is 0.208. The van der Waals surface area contributed by atoms with E-state index in [0.29, 0.717) is 0 Å². The van der Waals surface area contributed by atoms with Crippen LogP contribution in [0.3, 0.4) is 0 Å². The van der Waals surface area contributed by atoms with Gasteiger partial charge in [0, 0.05) is 52.9 Å². The maximum Gasteiger partial charge on any atom is 0.0882 e. The fourth-order valence-corrected chi connectivity index (χ4v) is 9.89. The number of hydrogen-bond acceptors (Lipinski definition) is 4. The number of hydrogen-bond donors (Lipinski definition) is 2. The van der Waals surface area contributed by atoms with E-state index in [1.165, 1.54) is 26.4 Å². The number of nitrogens with one attached hydrogen (secondary N) is 2. The molecule has 262 valence electrons. The Kier molecular flexibility index (Phi) is 10.6. The van der Waals surface area contributed by atoms with Crippen molar-refractivity contribution in [1.82, 2.24) is 0 Å². The Morgan fingerprint density at radius 1 is 0.596 bits per heavy atom. The van der Waals surface area contributed by atoms with Crippen LogP contribution in [0, 0.1) is 10.8 Å². The molecule has 4 heteroatoms. The summed E-state index contributed by atoms with van der Waals surface area (Å²) in [7, 11) is 0. The predicted molar refractivity (Wildman–Crippen MR) is 231 cm³/mol. The first-order valence-electron chi connectivity index (χ1n) is 18.1. The lowest BCUT2D eigenvalue weighted by atomic mass is 9.80. The molecular weight excluding hydrogens is 669 g/mol. The van der Waals surface area contributed by atoms with Crippen LogP contribution in [0.25, 0.3) is 50.1 Å². The highest BCUT2D eigenvalue weighted by atomic mass is 32.1. The topological polar surface area (TPSA) is 47.7 Å². The van der Waals surface area contributed by atoms with Gasteiger partial charge in [-0.15, -0.1) is 22.7 Å². The molecule has 0 amide bonds. The summed E-state index contributed by atoms with van der Waals surface area (Å²) in [5, 5.41) is 19.4. The second kappa shape index (κ2) is 15.0. The predicted octanol–water partition coefficient (Wildman–Crippen LogP) is 14.5. The van der Waals surface area contributed by atoms with E-state index in [1.54, 1.807) is 28.7 Å². The average molecular weight is 717 g/mol. The van der Waals surface area contributed by atoms with Gasteiger partial charge in [-0.2, -0.15) is 0 Å². The van der Waals surface area contributed by atoms with Gasteiger partial charge >= 0.3 is 0 Å². The van der Waals surface area contributed by atoms with Crippen LogP contribution in [0.2, 0.25) is 0 Å². The van der Waals surface area contributed by atoms with Crippen LogP contribution in [0.4, 0.5) is 0 Å². The zero-order valence-corrected chi connectivity index (χ0v) is 32.8. The van der Waals surface area contributed by atoms with Gasteiger partial charge < -0.3 is 0 Å². The van der Waals surface area contributed by atoms with Crippen molar-refractivity contribution in [3.8, 4) is 33.4 Å². The second-order valence-corrected chi connectivity index (χ2v) is 16.6. The van der Waals surface area contributed by atoms with Gasteiger partial charge in [-0.05, 0) is 45.9 Å². The van der Waals surface area contributed by atoms with Gasteiger partial charge in [0.2, 0.25) is 0 Å². The van der Waals surface area contributed by atoms with E-state index in [2.05, 4.69) is 152 Å². The molecule has 2 N–H and O–H groups in total. The molecule has 2 heterocycles. The van der Waals surface area contributed by atoms with Crippen LogP contribution in [0.5, 0.6) is 0 Å². The lowest BCUT2D eigenvalue weighted by molar-refractivity contribution is 0.518. The van der Waals surface area contributed by atoms with Crippen molar-refractivity contribution in [2.45, 2.75) is 65.2 Å². The summed E-state index contributed by atoms with van der Waals surface area (Å²) in [5.74, 6) is 0. The molecule has 0 radical (unpaired) electrons. The van der Waals surface area contributed by atoms with Crippen LogP contribution >= 0.6 is 22.7 Å². The first-order valence-corrected chi connectivity index (χ1v) is 19.7. The molecule has 52 heavy (non-hydrogen) atoms. The normalized spacial score (nSPS) is 13.9. The summed E-state index contributed by atoms with van der Waals surface area (Å²) < 4.78 is 0. The highest BCUT2D eigenvalue weighted by Crippen LogP contribution is 2.53. The Bertz CT molecular complexity index is 2250. The minimum atomic E-state index is -0.118. The molecule has 1 aliphatic carbocycles. The van der Waals surface area contributed by atoms with E-state index >= 15 is 0 Å². The van der Waals surface area contributed by atoms with Gasteiger partial charge in [0.25, 0.3) is 0 Å². The van der Waals surface area contributed by atoms with Crippen LogP contribution in [0.1, 0.15) is 79.5 Å². The third-order valence-corrected chi connectivity index (χ3v) is 13.7. The molecule has 6 rings (SSSR count). The Hall–Kier alpha value is -4.90. The van der Waals surface area contributed by atoms with Gasteiger partial charge in [0.15, 0.2) is 0 Å². The summed E-state index contributed by atoms with van der Waals surface area (Å²) in [6.07, 6.45) is 11.8. The largest absolute Gasteiger partial charge is 0.298 e. The maximum absolute atomic E-state index is 9.73. The van der Waals surface area contributed by atoms with Gasteiger partial charge in [-0.1, -0.05) is 176 Å². The lowest BCUT2D eigenvalue weighted by Crippen LogP contribution is -2.18. The Labute approximate surface area is 318 Å². The molecule has 2 aromatic heterocycles. The molecule has 0 saturated carbocycles. The van der Waals surface area contributed by atoms with Gasteiger partial charge in [0.05, 0.1) is 11.4 Å². The van der Waals surface area contributed by atoms with Crippen LogP contribution in [0.15, 0.2) is 135 Å². The molecule has 0 fully saturated rings. The average Bonchev–Trinajstić information content (AvgIpc) is 3.77. The number of thiophene rings is 2.